The number of nitrogens with two attached hydrogens (primary N) is 1. The molecule has 0 bridgehead atoms. The molecule has 2 heteroatoms. The van der Waals surface area contributed by atoms with Gasteiger partial charge in [-0.2, -0.15) is 0 Å². The summed E-state index contributed by atoms with van der Waals surface area (Å²) in [6, 6.07) is 0. The standard InChI is InChI=1S/C9H17NO/c1-9(2,10)6-8-4-3-5-11-7-8/h7H,3-6,10H2,1-2H3. The Morgan fingerprint density at radius 3 is 2.82 bits per heavy atom. The van der Waals surface area contributed by atoms with Gasteiger partial charge in [0.15, 0.2) is 0 Å². The summed E-state index contributed by atoms with van der Waals surface area (Å²) in [5.74, 6) is 0. The predicted octanol–water partition coefficient (Wildman–Crippen LogP) is 1.81. The highest BCUT2D eigenvalue weighted by Crippen LogP contribution is 2.20. The average Bonchev–Trinajstić information content (AvgIpc) is 1.85. The van der Waals surface area contributed by atoms with Crippen LogP contribution in [0.3, 0.4) is 0 Å². The SMILES string of the molecule is CC(C)(N)CC1=COCCC1. The van der Waals surface area contributed by atoms with Gasteiger partial charge in [0.25, 0.3) is 0 Å². The molecule has 0 aromatic heterocycles. The molecule has 0 spiro atoms. The van der Waals surface area contributed by atoms with Gasteiger partial charge in [0.05, 0.1) is 12.9 Å². The highest BCUT2D eigenvalue weighted by Gasteiger charge is 2.15. The van der Waals surface area contributed by atoms with E-state index in [-0.39, 0.29) is 5.54 Å². The monoisotopic (exact) mass is 155 g/mol. The van der Waals surface area contributed by atoms with Crippen LogP contribution in [0.2, 0.25) is 0 Å². The molecule has 0 aromatic rings. The van der Waals surface area contributed by atoms with Crippen molar-refractivity contribution >= 4 is 0 Å². The highest BCUT2D eigenvalue weighted by atomic mass is 16.5. The minimum atomic E-state index is -0.0907. The quantitative estimate of drug-likeness (QED) is 0.660. The van der Waals surface area contributed by atoms with Crippen LogP contribution in [-0.2, 0) is 4.74 Å². The molecule has 1 heterocycles. The van der Waals surface area contributed by atoms with E-state index in [0.717, 1.165) is 25.9 Å². The van der Waals surface area contributed by atoms with Gasteiger partial charge in [-0.3, -0.25) is 0 Å². The zero-order valence-corrected chi connectivity index (χ0v) is 7.39. The summed E-state index contributed by atoms with van der Waals surface area (Å²) in [4.78, 5) is 0. The van der Waals surface area contributed by atoms with Crippen molar-refractivity contribution < 1.29 is 4.74 Å². The molecule has 0 atom stereocenters. The van der Waals surface area contributed by atoms with Crippen molar-refractivity contribution in [2.45, 2.75) is 38.6 Å². The van der Waals surface area contributed by atoms with Crippen LogP contribution in [0.25, 0.3) is 0 Å². The van der Waals surface area contributed by atoms with Crippen molar-refractivity contribution in [3.8, 4) is 0 Å². The minimum absolute atomic E-state index is 0.0907. The van der Waals surface area contributed by atoms with Gasteiger partial charge < -0.3 is 10.5 Å². The fourth-order valence-corrected chi connectivity index (χ4v) is 1.33. The van der Waals surface area contributed by atoms with E-state index in [1.54, 1.807) is 0 Å². The van der Waals surface area contributed by atoms with Crippen LogP contribution in [0.15, 0.2) is 11.8 Å². The number of hydrogen-bond donors (Lipinski definition) is 1. The molecule has 2 nitrogen and oxygen atoms in total. The molecule has 11 heavy (non-hydrogen) atoms. The van der Waals surface area contributed by atoms with Crippen molar-refractivity contribution in [2.24, 2.45) is 5.73 Å². The molecule has 1 aliphatic rings. The topological polar surface area (TPSA) is 35.2 Å². The first kappa shape index (κ1) is 8.60. The Hall–Kier alpha value is -0.500. The minimum Gasteiger partial charge on any atom is -0.501 e. The first-order valence-corrected chi connectivity index (χ1v) is 4.16. The van der Waals surface area contributed by atoms with Gasteiger partial charge in [0, 0.05) is 5.54 Å². The Morgan fingerprint density at radius 2 is 2.36 bits per heavy atom. The van der Waals surface area contributed by atoms with Crippen molar-refractivity contribution in [2.75, 3.05) is 6.61 Å². The second kappa shape index (κ2) is 3.26. The lowest BCUT2D eigenvalue weighted by atomic mass is 9.94. The summed E-state index contributed by atoms with van der Waals surface area (Å²) in [6.07, 6.45) is 5.12. The molecule has 0 aromatic carbocycles. The first-order chi connectivity index (χ1) is 5.08. The van der Waals surface area contributed by atoms with Crippen molar-refractivity contribution in [1.29, 1.82) is 0 Å². The molecule has 0 radical (unpaired) electrons. The summed E-state index contributed by atoms with van der Waals surface area (Å²) >= 11 is 0. The predicted molar refractivity (Wildman–Crippen MR) is 46.2 cm³/mol. The van der Waals surface area contributed by atoms with Gasteiger partial charge in [-0.05, 0) is 38.7 Å². The lowest BCUT2D eigenvalue weighted by Gasteiger charge is -2.22. The van der Waals surface area contributed by atoms with Crippen molar-refractivity contribution in [3.63, 3.8) is 0 Å². The van der Waals surface area contributed by atoms with Crippen LogP contribution in [0, 0.1) is 0 Å². The molecule has 1 aliphatic heterocycles. The Bertz CT molecular complexity index is 155. The van der Waals surface area contributed by atoms with E-state index >= 15 is 0 Å². The molecule has 0 saturated heterocycles. The third-order valence-electron chi connectivity index (χ3n) is 1.69. The highest BCUT2D eigenvalue weighted by molar-refractivity contribution is 5.04. The normalized spacial score (nSPS) is 19.0. The van der Waals surface area contributed by atoms with E-state index < -0.39 is 0 Å². The second-order valence-electron chi connectivity index (χ2n) is 3.92. The smallest absolute Gasteiger partial charge is 0.0876 e. The summed E-state index contributed by atoms with van der Waals surface area (Å²) < 4.78 is 5.21. The molecule has 2 N–H and O–H groups in total. The fourth-order valence-electron chi connectivity index (χ4n) is 1.33. The molecule has 0 saturated carbocycles. The van der Waals surface area contributed by atoms with E-state index in [2.05, 4.69) is 0 Å². The summed E-state index contributed by atoms with van der Waals surface area (Å²) in [5, 5.41) is 0. The third kappa shape index (κ3) is 3.42. The number of rotatable bonds is 2. The number of hydrogen-bond acceptors (Lipinski definition) is 2. The Labute approximate surface area is 68.4 Å². The van der Waals surface area contributed by atoms with Crippen LogP contribution in [0.5, 0.6) is 0 Å². The molecule has 64 valence electrons. The summed E-state index contributed by atoms with van der Waals surface area (Å²) in [7, 11) is 0. The van der Waals surface area contributed by atoms with Crippen LogP contribution >= 0.6 is 0 Å². The van der Waals surface area contributed by atoms with Crippen LogP contribution in [-0.4, -0.2) is 12.1 Å². The lowest BCUT2D eigenvalue weighted by molar-refractivity contribution is 0.220. The number of ether oxygens (including phenoxy) is 1. The molecule has 0 aliphatic carbocycles. The summed E-state index contributed by atoms with van der Waals surface area (Å²) in [5.41, 5.74) is 7.13. The summed E-state index contributed by atoms with van der Waals surface area (Å²) in [6.45, 7) is 4.96. The van der Waals surface area contributed by atoms with Gasteiger partial charge in [-0.15, -0.1) is 0 Å². The van der Waals surface area contributed by atoms with E-state index in [1.165, 1.54) is 5.57 Å². The zero-order chi connectivity index (χ0) is 8.32. The van der Waals surface area contributed by atoms with E-state index in [4.69, 9.17) is 10.5 Å². The van der Waals surface area contributed by atoms with Crippen molar-refractivity contribution in [1.82, 2.24) is 0 Å². The fraction of sp³-hybridized carbons (Fsp3) is 0.778. The largest absolute Gasteiger partial charge is 0.501 e. The van der Waals surface area contributed by atoms with Crippen molar-refractivity contribution in [3.05, 3.63) is 11.8 Å². The first-order valence-electron chi connectivity index (χ1n) is 4.16. The zero-order valence-electron chi connectivity index (χ0n) is 7.39. The molecule has 0 unspecified atom stereocenters. The van der Waals surface area contributed by atoms with Crippen LogP contribution in [0.4, 0.5) is 0 Å². The Balaban J connectivity index is 2.42. The lowest BCUT2D eigenvalue weighted by Crippen LogP contribution is -2.32. The molecule has 1 rings (SSSR count). The second-order valence-corrected chi connectivity index (χ2v) is 3.92. The Morgan fingerprint density at radius 1 is 1.64 bits per heavy atom. The van der Waals surface area contributed by atoms with Gasteiger partial charge >= 0.3 is 0 Å². The van der Waals surface area contributed by atoms with Gasteiger partial charge in [-0.1, -0.05) is 0 Å². The third-order valence-corrected chi connectivity index (χ3v) is 1.69. The molecular weight excluding hydrogens is 138 g/mol. The molecular formula is C9H17NO. The molecule has 0 fully saturated rings. The van der Waals surface area contributed by atoms with E-state index in [9.17, 15) is 0 Å². The maximum atomic E-state index is 5.87. The van der Waals surface area contributed by atoms with Crippen LogP contribution in [0.1, 0.15) is 33.1 Å². The van der Waals surface area contributed by atoms with Gasteiger partial charge in [-0.25, -0.2) is 0 Å². The van der Waals surface area contributed by atoms with Gasteiger partial charge in [0.2, 0.25) is 0 Å². The molecule has 0 amide bonds. The average molecular weight is 155 g/mol. The van der Waals surface area contributed by atoms with E-state index in [0.29, 0.717) is 0 Å². The van der Waals surface area contributed by atoms with Crippen LogP contribution < -0.4 is 5.73 Å². The maximum Gasteiger partial charge on any atom is 0.0876 e. The van der Waals surface area contributed by atoms with E-state index in [1.807, 2.05) is 20.1 Å². The maximum absolute atomic E-state index is 5.87. The van der Waals surface area contributed by atoms with Gasteiger partial charge in [0.1, 0.15) is 0 Å². The Kier molecular flexibility index (Phi) is 2.55.